The summed E-state index contributed by atoms with van der Waals surface area (Å²) < 4.78 is 6.60. The SMILES string of the molecule is S=C1COCc2cc(I)ccc2N1. The summed E-state index contributed by atoms with van der Waals surface area (Å²) >= 11 is 7.35. The zero-order valence-electron chi connectivity index (χ0n) is 6.84. The molecule has 1 aromatic carbocycles. The highest BCUT2D eigenvalue weighted by molar-refractivity contribution is 14.1. The van der Waals surface area contributed by atoms with E-state index >= 15 is 0 Å². The van der Waals surface area contributed by atoms with Crippen molar-refractivity contribution in [2.24, 2.45) is 0 Å². The number of hydrogen-bond donors (Lipinski definition) is 1. The van der Waals surface area contributed by atoms with E-state index in [-0.39, 0.29) is 0 Å². The number of fused-ring (bicyclic) bond motifs is 1. The average molecular weight is 305 g/mol. The van der Waals surface area contributed by atoms with Gasteiger partial charge in [0.2, 0.25) is 0 Å². The van der Waals surface area contributed by atoms with Crippen LogP contribution in [0.25, 0.3) is 0 Å². The number of anilines is 1. The molecule has 0 saturated heterocycles. The fourth-order valence-corrected chi connectivity index (χ4v) is 1.99. The highest BCUT2D eigenvalue weighted by Crippen LogP contribution is 2.21. The fourth-order valence-electron chi connectivity index (χ4n) is 1.24. The first kappa shape index (κ1) is 9.36. The maximum absolute atomic E-state index is 5.38. The van der Waals surface area contributed by atoms with Gasteiger partial charge in [-0.2, -0.15) is 0 Å². The Balaban J connectivity index is 2.40. The standard InChI is InChI=1S/C9H8INOS/c10-7-1-2-8-6(3-7)4-12-5-9(13)11-8/h1-3H,4-5H2,(H,11,13). The van der Waals surface area contributed by atoms with Gasteiger partial charge in [-0.3, -0.25) is 0 Å². The molecule has 0 unspecified atom stereocenters. The second-order valence-corrected chi connectivity index (χ2v) is 4.58. The summed E-state index contributed by atoms with van der Waals surface area (Å²) in [5.41, 5.74) is 2.25. The third-order valence-corrected chi connectivity index (χ3v) is 2.72. The lowest BCUT2D eigenvalue weighted by Gasteiger charge is -2.06. The van der Waals surface area contributed by atoms with Gasteiger partial charge < -0.3 is 10.1 Å². The minimum atomic E-state index is 0.514. The van der Waals surface area contributed by atoms with Crippen LogP contribution in [0, 0.1) is 3.57 Å². The van der Waals surface area contributed by atoms with Crippen molar-refractivity contribution in [3.05, 3.63) is 27.3 Å². The van der Waals surface area contributed by atoms with Crippen molar-refractivity contribution in [3.8, 4) is 0 Å². The number of thiocarbonyl (C=S) groups is 1. The van der Waals surface area contributed by atoms with Gasteiger partial charge in [0.25, 0.3) is 0 Å². The molecule has 0 bridgehead atoms. The van der Waals surface area contributed by atoms with Crippen LogP contribution >= 0.6 is 34.8 Å². The van der Waals surface area contributed by atoms with Crippen LogP contribution in [-0.4, -0.2) is 11.6 Å². The third kappa shape index (κ3) is 2.18. The summed E-state index contributed by atoms with van der Waals surface area (Å²) in [5.74, 6) is 0. The zero-order chi connectivity index (χ0) is 9.26. The lowest BCUT2D eigenvalue weighted by molar-refractivity contribution is 0.161. The smallest absolute Gasteiger partial charge is 0.106 e. The van der Waals surface area contributed by atoms with E-state index in [0.29, 0.717) is 13.2 Å². The van der Waals surface area contributed by atoms with Crippen molar-refractivity contribution in [3.63, 3.8) is 0 Å². The van der Waals surface area contributed by atoms with E-state index in [2.05, 4.69) is 40.0 Å². The highest BCUT2D eigenvalue weighted by atomic mass is 127. The van der Waals surface area contributed by atoms with Crippen LogP contribution in [0.4, 0.5) is 5.69 Å². The molecule has 1 N–H and O–H groups in total. The van der Waals surface area contributed by atoms with E-state index in [1.807, 2.05) is 6.07 Å². The van der Waals surface area contributed by atoms with Gasteiger partial charge in [0, 0.05) is 14.8 Å². The summed E-state index contributed by atoms with van der Waals surface area (Å²) in [6.45, 7) is 1.15. The van der Waals surface area contributed by atoms with Crippen molar-refractivity contribution in [2.75, 3.05) is 11.9 Å². The monoisotopic (exact) mass is 305 g/mol. The molecule has 0 fully saturated rings. The first-order chi connectivity index (χ1) is 6.25. The second-order valence-electron chi connectivity index (χ2n) is 2.84. The maximum atomic E-state index is 5.38. The van der Waals surface area contributed by atoms with Gasteiger partial charge in [-0.05, 0) is 40.8 Å². The summed E-state index contributed by atoms with van der Waals surface area (Å²) in [7, 11) is 0. The summed E-state index contributed by atoms with van der Waals surface area (Å²) in [6.07, 6.45) is 0. The van der Waals surface area contributed by atoms with E-state index in [4.69, 9.17) is 17.0 Å². The Labute approximate surface area is 95.8 Å². The molecule has 0 saturated carbocycles. The number of benzene rings is 1. The lowest BCUT2D eigenvalue weighted by atomic mass is 10.2. The third-order valence-electron chi connectivity index (χ3n) is 1.83. The van der Waals surface area contributed by atoms with Gasteiger partial charge in [-0.15, -0.1) is 0 Å². The van der Waals surface area contributed by atoms with Crippen molar-refractivity contribution in [1.29, 1.82) is 0 Å². The Bertz CT molecular complexity index is 353. The molecule has 0 aromatic heterocycles. The molecule has 1 heterocycles. The van der Waals surface area contributed by atoms with E-state index in [0.717, 1.165) is 10.7 Å². The molecule has 2 nitrogen and oxygen atoms in total. The second kappa shape index (κ2) is 3.89. The Morgan fingerprint density at radius 2 is 2.23 bits per heavy atom. The molecule has 0 radical (unpaired) electrons. The van der Waals surface area contributed by atoms with E-state index < -0.39 is 0 Å². The van der Waals surface area contributed by atoms with Crippen LogP contribution in [0.5, 0.6) is 0 Å². The number of rotatable bonds is 0. The van der Waals surface area contributed by atoms with Crippen LogP contribution < -0.4 is 5.32 Å². The highest BCUT2D eigenvalue weighted by Gasteiger charge is 2.09. The largest absolute Gasteiger partial charge is 0.370 e. The quantitative estimate of drug-likeness (QED) is 0.588. The van der Waals surface area contributed by atoms with Gasteiger partial charge in [-0.25, -0.2) is 0 Å². The molecule has 4 heteroatoms. The van der Waals surface area contributed by atoms with Gasteiger partial charge in [-0.1, -0.05) is 12.2 Å². The van der Waals surface area contributed by atoms with Gasteiger partial charge in [0.15, 0.2) is 0 Å². The molecule has 1 aliphatic rings. The van der Waals surface area contributed by atoms with Crippen LogP contribution in [0.1, 0.15) is 5.56 Å². The fraction of sp³-hybridized carbons (Fsp3) is 0.222. The topological polar surface area (TPSA) is 21.3 Å². The van der Waals surface area contributed by atoms with Crippen LogP contribution in [0.2, 0.25) is 0 Å². The lowest BCUT2D eigenvalue weighted by Crippen LogP contribution is -2.12. The minimum absolute atomic E-state index is 0.514. The molecule has 1 aromatic rings. The van der Waals surface area contributed by atoms with E-state index in [1.54, 1.807) is 0 Å². The Hall–Kier alpha value is -0.200. The molecule has 68 valence electrons. The molecule has 13 heavy (non-hydrogen) atoms. The molecule has 0 aliphatic carbocycles. The van der Waals surface area contributed by atoms with Crippen molar-refractivity contribution < 1.29 is 4.74 Å². The van der Waals surface area contributed by atoms with Gasteiger partial charge in [0.1, 0.15) is 4.99 Å². The average Bonchev–Trinajstić information content (AvgIpc) is 2.25. The Kier molecular flexibility index (Phi) is 2.80. The van der Waals surface area contributed by atoms with Crippen LogP contribution in [0.3, 0.4) is 0 Å². The molecule has 0 spiro atoms. The summed E-state index contributed by atoms with van der Waals surface area (Å²) in [4.78, 5) is 0.750. The van der Waals surface area contributed by atoms with E-state index in [9.17, 15) is 0 Å². The summed E-state index contributed by atoms with van der Waals surface area (Å²) in [6, 6.07) is 6.20. The molecule has 0 atom stereocenters. The summed E-state index contributed by atoms with van der Waals surface area (Å²) in [5, 5.41) is 3.15. The number of ether oxygens (including phenoxy) is 1. The van der Waals surface area contributed by atoms with Crippen molar-refractivity contribution in [1.82, 2.24) is 0 Å². The van der Waals surface area contributed by atoms with Gasteiger partial charge >= 0.3 is 0 Å². The Morgan fingerprint density at radius 1 is 1.38 bits per heavy atom. The molecule has 1 aliphatic heterocycles. The number of hydrogen-bond acceptors (Lipinski definition) is 2. The van der Waals surface area contributed by atoms with Crippen molar-refractivity contribution >= 4 is 45.5 Å². The number of nitrogens with one attached hydrogen (secondary N) is 1. The molecular formula is C9H8INOS. The normalized spacial score (nSPS) is 15.9. The van der Waals surface area contributed by atoms with Gasteiger partial charge in [0.05, 0.1) is 13.2 Å². The molecule has 0 amide bonds. The minimum Gasteiger partial charge on any atom is -0.370 e. The predicted molar refractivity (Wildman–Crippen MR) is 65.0 cm³/mol. The zero-order valence-corrected chi connectivity index (χ0v) is 9.81. The molecular weight excluding hydrogens is 297 g/mol. The number of halogens is 1. The predicted octanol–water partition coefficient (Wildman–Crippen LogP) is 2.56. The van der Waals surface area contributed by atoms with E-state index in [1.165, 1.54) is 9.13 Å². The Morgan fingerprint density at radius 3 is 3.08 bits per heavy atom. The van der Waals surface area contributed by atoms with Crippen LogP contribution in [-0.2, 0) is 11.3 Å². The first-order valence-corrected chi connectivity index (χ1v) is 5.40. The first-order valence-electron chi connectivity index (χ1n) is 3.92. The molecule has 2 rings (SSSR count). The van der Waals surface area contributed by atoms with Crippen LogP contribution in [0.15, 0.2) is 18.2 Å². The van der Waals surface area contributed by atoms with Crippen molar-refractivity contribution in [2.45, 2.75) is 6.61 Å². The maximum Gasteiger partial charge on any atom is 0.106 e.